The lowest BCUT2D eigenvalue weighted by atomic mass is 9.90. The molecule has 0 radical (unpaired) electrons. The van der Waals surface area contributed by atoms with Gasteiger partial charge in [0.2, 0.25) is 0 Å². The number of anilines is 2. The number of fused-ring (bicyclic) bond motifs is 1. The van der Waals surface area contributed by atoms with Crippen LogP contribution in [-0.2, 0) is 4.74 Å². The summed E-state index contributed by atoms with van der Waals surface area (Å²) < 4.78 is 19.9. The molecule has 0 atom stereocenters. The predicted molar refractivity (Wildman–Crippen MR) is 109 cm³/mol. The van der Waals surface area contributed by atoms with Crippen LogP contribution in [0.4, 0.5) is 15.9 Å². The van der Waals surface area contributed by atoms with Gasteiger partial charge in [-0.1, -0.05) is 18.2 Å². The largest absolute Gasteiger partial charge is 0.465 e. The number of para-hydroxylation sites is 1. The van der Waals surface area contributed by atoms with E-state index >= 15 is 0 Å². The first kappa shape index (κ1) is 17.3. The molecule has 1 N–H and O–H groups in total. The van der Waals surface area contributed by atoms with Gasteiger partial charge in [0.25, 0.3) is 0 Å². The van der Waals surface area contributed by atoms with E-state index < -0.39 is 5.97 Å². The van der Waals surface area contributed by atoms with E-state index in [4.69, 9.17) is 4.74 Å². The molecule has 0 spiro atoms. The number of halogens is 2. The molecule has 1 aliphatic rings. The fourth-order valence-electron chi connectivity index (χ4n) is 3.42. The van der Waals surface area contributed by atoms with Crippen molar-refractivity contribution in [2.75, 3.05) is 12.0 Å². The summed E-state index contributed by atoms with van der Waals surface area (Å²) in [4.78, 5) is 18.0. The molecular formula is C20H18FIN2O2. The Morgan fingerprint density at radius 1 is 1.27 bits per heavy atom. The number of aromatic nitrogens is 1. The highest BCUT2D eigenvalue weighted by atomic mass is 127. The summed E-state index contributed by atoms with van der Waals surface area (Å²) in [6, 6.07) is 13.1. The molecule has 1 heterocycles. The topological polar surface area (TPSA) is 45.3 Å². The van der Waals surface area contributed by atoms with E-state index in [1.165, 1.54) is 13.2 Å². The second kappa shape index (κ2) is 6.90. The van der Waals surface area contributed by atoms with Gasteiger partial charge in [0.15, 0.2) is 0 Å². The number of rotatable bonds is 4. The van der Waals surface area contributed by atoms with Crippen LogP contribution in [0.1, 0.15) is 29.6 Å². The molecule has 134 valence electrons. The number of benzene rings is 2. The van der Waals surface area contributed by atoms with Crippen molar-refractivity contribution in [3.63, 3.8) is 0 Å². The van der Waals surface area contributed by atoms with E-state index in [1.807, 2.05) is 52.9 Å². The third-order valence-electron chi connectivity index (χ3n) is 4.94. The Balaban J connectivity index is 1.93. The van der Waals surface area contributed by atoms with E-state index in [-0.39, 0.29) is 11.9 Å². The van der Waals surface area contributed by atoms with Crippen LogP contribution in [0.25, 0.3) is 10.9 Å². The third-order valence-corrected chi connectivity index (χ3v) is 5.81. The molecule has 4 rings (SSSR count). The first-order chi connectivity index (χ1) is 12.6. The molecule has 0 saturated heterocycles. The summed E-state index contributed by atoms with van der Waals surface area (Å²) in [5, 5.41) is 0.810. The van der Waals surface area contributed by atoms with Crippen LogP contribution in [-0.4, -0.2) is 24.1 Å². The Hall–Kier alpha value is -2.09. The fraction of sp³-hybridized carbons (Fsp3) is 0.250. The van der Waals surface area contributed by atoms with Gasteiger partial charge in [-0.25, -0.2) is 9.18 Å². The third kappa shape index (κ3) is 2.86. The van der Waals surface area contributed by atoms with Crippen LogP contribution >= 0.6 is 22.6 Å². The van der Waals surface area contributed by atoms with E-state index in [0.717, 1.165) is 35.9 Å². The van der Waals surface area contributed by atoms with Gasteiger partial charge in [-0.3, -0.25) is 0 Å². The highest BCUT2D eigenvalue weighted by Crippen LogP contribution is 2.40. The monoisotopic (exact) mass is 464 g/mol. The van der Waals surface area contributed by atoms with Crippen molar-refractivity contribution in [2.24, 2.45) is 0 Å². The second-order valence-corrected chi connectivity index (χ2v) is 7.60. The van der Waals surface area contributed by atoms with Crippen molar-refractivity contribution in [1.82, 2.24) is 4.98 Å². The number of carbonyl (C=O) groups excluding carboxylic acids is 1. The summed E-state index contributed by atoms with van der Waals surface area (Å²) in [6.07, 6.45) is 3.13. The minimum atomic E-state index is -0.396. The van der Waals surface area contributed by atoms with Gasteiger partial charge in [-0.15, -0.1) is 0 Å². The van der Waals surface area contributed by atoms with E-state index in [1.54, 1.807) is 6.07 Å². The maximum Gasteiger partial charge on any atom is 0.342 e. The van der Waals surface area contributed by atoms with Crippen molar-refractivity contribution < 1.29 is 13.9 Å². The molecule has 1 saturated carbocycles. The van der Waals surface area contributed by atoms with Gasteiger partial charge in [0.05, 0.1) is 7.11 Å². The fourth-order valence-corrected chi connectivity index (χ4v) is 3.75. The molecule has 2 aromatic carbocycles. The molecular weight excluding hydrogens is 446 g/mol. The van der Waals surface area contributed by atoms with Gasteiger partial charge in [0, 0.05) is 26.2 Å². The van der Waals surface area contributed by atoms with Crippen molar-refractivity contribution in [3.05, 3.63) is 57.4 Å². The van der Waals surface area contributed by atoms with Crippen molar-refractivity contribution in [3.8, 4) is 0 Å². The maximum absolute atomic E-state index is 14.2. The van der Waals surface area contributed by atoms with E-state index in [2.05, 4.69) is 9.88 Å². The maximum atomic E-state index is 14.2. The summed E-state index contributed by atoms with van der Waals surface area (Å²) in [6.45, 7) is 0. The Labute approximate surface area is 164 Å². The normalized spacial score (nSPS) is 14.3. The van der Waals surface area contributed by atoms with E-state index in [9.17, 15) is 9.18 Å². The Bertz CT molecular complexity index is 981. The highest BCUT2D eigenvalue weighted by molar-refractivity contribution is 14.1. The van der Waals surface area contributed by atoms with Crippen molar-refractivity contribution in [1.29, 1.82) is 0 Å². The molecule has 0 unspecified atom stereocenters. The number of nitrogens with zero attached hydrogens (tertiary/aromatic N) is 1. The van der Waals surface area contributed by atoms with Crippen LogP contribution in [0.3, 0.4) is 0 Å². The van der Waals surface area contributed by atoms with Crippen LogP contribution < -0.4 is 4.90 Å². The van der Waals surface area contributed by atoms with Gasteiger partial charge in [0.1, 0.15) is 17.2 Å². The Morgan fingerprint density at radius 2 is 2.04 bits per heavy atom. The van der Waals surface area contributed by atoms with Crippen molar-refractivity contribution in [2.45, 2.75) is 25.3 Å². The summed E-state index contributed by atoms with van der Waals surface area (Å²) in [7, 11) is 1.38. The molecule has 4 nitrogen and oxygen atoms in total. The second-order valence-electron chi connectivity index (χ2n) is 6.44. The number of methoxy groups -OCH3 is 1. The number of aromatic amines is 1. The lowest BCUT2D eigenvalue weighted by molar-refractivity contribution is 0.0603. The van der Waals surface area contributed by atoms with Crippen LogP contribution in [0, 0.1) is 9.39 Å². The lowest BCUT2D eigenvalue weighted by Crippen LogP contribution is -2.37. The van der Waals surface area contributed by atoms with Gasteiger partial charge < -0.3 is 14.6 Å². The first-order valence-electron chi connectivity index (χ1n) is 8.53. The molecule has 0 aliphatic heterocycles. The molecule has 1 fully saturated rings. The van der Waals surface area contributed by atoms with Gasteiger partial charge in [-0.05, 0) is 66.1 Å². The summed E-state index contributed by atoms with van der Waals surface area (Å²) in [5.41, 5.74) is 2.09. The van der Waals surface area contributed by atoms with Crippen LogP contribution in [0.15, 0.2) is 42.5 Å². The standard InChI is InChI=1S/C20H18FIN2O2/c1-26-20(25)18-14-7-2-3-8-17(14)23-19(18)24(12-5-4-6-12)13-9-10-16(22)15(21)11-13/h2-3,7-12,23H,4-6H2,1H3. The molecule has 0 amide bonds. The smallest absolute Gasteiger partial charge is 0.342 e. The number of H-pyrrole nitrogens is 1. The zero-order chi connectivity index (χ0) is 18.3. The molecule has 26 heavy (non-hydrogen) atoms. The zero-order valence-corrected chi connectivity index (χ0v) is 16.4. The molecule has 6 heteroatoms. The van der Waals surface area contributed by atoms with Gasteiger partial charge in [-0.2, -0.15) is 0 Å². The Kier molecular flexibility index (Phi) is 4.60. The number of carbonyl (C=O) groups is 1. The van der Waals surface area contributed by atoms with Crippen molar-refractivity contribution >= 4 is 51.0 Å². The number of esters is 1. The SMILES string of the molecule is COC(=O)c1c(N(c2ccc(I)c(F)c2)C2CCC2)[nH]c2ccccc12. The minimum Gasteiger partial charge on any atom is -0.465 e. The number of hydrogen-bond donors (Lipinski definition) is 1. The molecule has 1 aliphatic carbocycles. The molecule has 0 bridgehead atoms. The van der Waals surface area contributed by atoms with Gasteiger partial charge >= 0.3 is 5.97 Å². The zero-order valence-electron chi connectivity index (χ0n) is 14.3. The number of hydrogen-bond acceptors (Lipinski definition) is 3. The highest BCUT2D eigenvalue weighted by Gasteiger charge is 2.32. The number of ether oxygens (including phenoxy) is 1. The summed E-state index contributed by atoms with van der Waals surface area (Å²) in [5.74, 6) is 0.0132. The average molecular weight is 464 g/mol. The summed E-state index contributed by atoms with van der Waals surface area (Å²) >= 11 is 1.98. The van der Waals surface area contributed by atoms with Crippen LogP contribution in [0.5, 0.6) is 0 Å². The average Bonchev–Trinajstić information content (AvgIpc) is 2.98. The lowest BCUT2D eigenvalue weighted by Gasteiger charge is -2.39. The first-order valence-corrected chi connectivity index (χ1v) is 9.61. The van der Waals surface area contributed by atoms with Crippen LogP contribution in [0.2, 0.25) is 0 Å². The van der Waals surface area contributed by atoms with E-state index in [0.29, 0.717) is 15.0 Å². The Morgan fingerprint density at radius 3 is 2.69 bits per heavy atom. The number of nitrogens with one attached hydrogen (secondary N) is 1. The minimum absolute atomic E-state index is 0.228. The molecule has 1 aromatic heterocycles. The quantitative estimate of drug-likeness (QED) is 0.416. The predicted octanol–water partition coefficient (Wildman–Crippen LogP) is 5.39. The molecule has 3 aromatic rings.